The van der Waals surface area contributed by atoms with Gasteiger partial charge in [0.2, 0.25) is 0 Å². The van der Waals surface area contributed by atoms with Crippen molar-refractivity contribution in [1.29, 1.82) is 0 Å². The number of aromatic hydroxyl groups is 15. The number of carbonyl (C=O) groups excluding carboxylic acids is 4. The molecule has 23 heteroatoms. The largest absolute Gasteiger partial charge is 0.504 e. The van der Waals surface area contributed by atoms with E-state index in [2.05, 4.69) is 10.6 Å². The topological polar surface area (TPSA) is 433 Å². The van der Waals surface area contributed by atoms with Crippen molar-refractivity contribution in [2.24, 2.45) is 0 Å². The maximum absolute atomic E-state index is 11.9. The third kappa shape index (κ3) is 11.0. The second-order valence-electron chi connectivity index (χ2n) is 11.8. The quantitative estimate of drug-likeness (QED) is 0.0739. The number of Topliss-reactive ketones (excluding diaryl/α,β-unsaturated/α-hetero) is 2. The number of aromatic carboxylic acids is 1. The molecule has 0 unspecified atom stereocenters. The fourth-order valence-electron chi connectivity index (χ4n) is 4.46. The van der Waals surface area contributed by atoms with Gasteiger partial charge in [-0.15, -0.1) is 0 Å². The molecule has 0 fully saturated rings. The highest BCUT2D eigenvalue weighted by atomic mass is 16.4. The number of nitrogens with one attached hydrogen (secondary N) is 2. The number of carboxylic acids is 1. The van der Waals surface area contributed by atoms with E-state index >= 15 is 0 Å². The number of hydrogen-bond donors (Lipinski definition) is 18. The Kier molecular flexibility index (Phi) is 14.1. The van der Waals surface area contributed by atoms with E-state index in [4.69, 9.17) is 20.4 Å². The average Bonchev–Trinajstić information content (AvgIpc) is 3.19. The van der Waals surface area contributed by atoms with E-state index in [-0.39, 0.29) is 27.8 Å². The molecule has 0 bridgehead atoms. The summed E-state index contributed by atoms with van der Waals surface area (Å²) in [4.78, 5) is 57.9. The summed E-state index contributed by atoms with van der Waals surface area (Å²) in [6, 6.07) is 8.95. The second-order valence-corrected chi connectivity index (χ2v) is 11.8. The lowest BCUT2D eigenvalue weighted by atomic mass is 10.1. The summed E-state index contributed by atoms with van der Waals surface area (Å²) in [5.74, 6) is -15.1. The first-order valence-electron chi connectivity index (χ1n) is 16.0. The summed E-state index contributed by atoms with van der Waals surface area (Å²) in [7, 11) is 0. The molecule has 0 heterocycles. The van der Waals surface area contributed by atoms with Gasteiger partial charge in [0, 0.05) is 22.3 Å². The second kappa shape index (κ2) is 18.7. The Hall–Kier alpha value is -9.15. The Morgan fingerprint density at radius 3 is 0.700 bits per heavy atom. The lowest BCUT2D eigenvalue weighted by Gasteiger charge is -2.08. The maximum Gasteiger partial charge on any atom is 0.335 e. The molecule has 0 atom stereocenters. The van der Waals surface area contributed by atoms with Crippen molar-refractivity contribution in [3.8, 4) is 86.2 Å². The summed E-state index contributed by atoms with van der Waals surface area (Å²) < 4.78 is 0. The Bertz CT molecular complexity index is 2120. The van der Waals surface area contributed by atoms with Gasteiger partial charge in [0.25, 0.3) is 11.8 Å². The van der Waals surface area contributed by atoms with E-state index < -0.39 is 129 Å². The Labute approximate surface area is 333 Å². The minimum Gasteiger partial charge on any atom is -0.504 e. The zero-order valence-electron chi connectivity index (χ0n) is 29.9. The zero-order valence-corrected chi connectivity index (χ0v) is 29.9. The van der Waals surface area contributed by atoms with Gasteiger partial charge in [-0.25, -0.2) is 4.79 Å². The summed E-state index contributed by atoms with van der Waals surface area (Å²) in [6.07, 6.45) is 0. The highest BCUT2D eigenvalue weighted by Crippen LogP contribution is 2.39. The third-order valence-electron chi connectivity index (χ3n) is 7.58. The number of amides is 2. The van der Waals surface area contributed by atoms with E-state index in [1.807, 2.05) is 0 Å². The van der Waals surface area contributed by atoms with E-state index in [0.29, 0.717) is 0 Å². The van der Waals surface area contributed by atoms with Crippen LogP contribution < -0.4 is 10.6 Å². The normalized spacial score (nSPS) is 10.2. The van der Waals surface area contributed by atoms with Gasteiger partial charge in [-0.3, -0.25) is 19.2 Å². The van der Waals surface area contributed by atoms with Crippen LogP contribution >= 0.6 is 0 Å². The average molecular weight is 841 g/mol. The van der Waals surface area contributed by atoms with Crippen molar-refractivity contribution >= 4 is 29.4 Å². The van der Waals surface area contributed by atoms with Crippen LogP contribution in [0.3, 0.4) is 0 Å². The van der Waals surface area contributed by atoms with Crippen LogP contribution in [0, 0.1) is 0 Å². The molecule has 23 nitrogen and oxygen atoms in total. The molecule has 2 amide bonds. The third-order valence-corrected chi connectivity index (χ3v) is 7.58. The first-order chi connectivity index (χ1) is 27.9. The first kappa shape index (κ1) is 45.2. The molecule has 0 radical (unpaired) electrons. The molecule has 0 aromatic heterocycles. The molecule has 5 aromatic rings. The number of carboxylic acid groups (broad SMARTS) is 1. The van der Waals surface area contributed by atoms with E-state index in [0.717, 1.165) is 60.7 Å². The monoisotopic (exact) mass is 840 g/mol. The van der Waals surface area contributed by atoms with Crippen molar-refractivity contribution in [2.45, 2.75) is 0 Å². The Morgan fingerprint density at radius 2 is 0.500 bits per heavy atom. The standard InChI is InChI=1S/2C15H13NO8.C7H6O5/c2*17-8-1-6(2-9(18)13(8)22)12(21)5-16-15(24)7-3-10(19)14(23)11(20)4-7;8-4-1-3(7(11)12)2-5(9)6(4)10/h2*1-4,17-20,22-23H,5H2,(H,16,24);1-2,8-10H,(H,11,12). The number of rotatable bonds is 9. The molecule has 60 heavy (non-hydrogen) atoms. The Balaban J connectivity index is 0.000000254. The highest BCUT2D eigenvalue weighted by Gasteiger charge is 2.19. The van der Waals surface area contributed by atoms with Gasteiger partial charge < -0.3 is 92.3 Å². The number of ketones is 2. The number of hydrogen-bond acceptors (Lipinski definition) is 20. The highest BCUT2D eigenvalue weighted by molar-refractivity contribution is 6.04. The minimum atomic E-state index is -1.29. The van der Waals surface area contributed by atoms with Gasteiger partial charge in [0.15, 0.2) is 97.8 Å². The summed E-state index contributed by atoms with van der Waals surface area (Å²) in [5, 5.41) is 151. The minimum absolute atomic E-state index is 0.153. The molecule has 5 aromatic carbocycles. The van der Waals surface area contributed by atoms with Gasteiger partial charge >= 0.3 is 5.97 Å². The molecule has 5 rings (SSSR count). The first-order valence-corrected chi connectivity index (χ1v) is 16.0. The van der Waals surface area contributed by atoms with E-state index in [1.165, 1.54) is 0 Å². The fraction of sp³-hybridized carbons (Fsp3) is 0.0541. The van der Waals surface area contributed by atoms with Crippen LogP contribution in [0.2, 0.25) is 0 Å². The van der Waals surface area contributed by atoms with E-state index in [1.54, 1.807) is 0 Å². The van der Waals surface area contributed by atoms with Crippen LogP contribution in [-0.2, 0) is 0 Å². The smallest absolute Gasteiger partial charge is 0.335 e. The number of carbonyl (C=O) groups is 5. The SMILES string of the molecule is O=C(CNC(=O)c1cc(O)c(O)c(O)c1)c1cc(O)c(O)c(O)c1.O=C(CNC(=O)c1cc(O)c(O)c(O)c1)c1cc(O)c(O)c(O)c1.O=C(O)c1cc(O)c(O)c(O)c1. The van der Waals surface area contributed by atoms with Crippen LogP contribution in [0.15, 0.2) is 60.7 Å². The van der Waals surface area contributed by atoms with Crippen LogP contribution in [-0.4, -0.2) is 124 Å². The van der Waals surface area contributed by atoms with Crippen molar-refractivity contribution in [3.63, 3.8) is 0 Å². The van der Waals surface area contributed by atoms with Crippen LogP contribution in [0.25, 0.3) is 0 Å². The molecular weight excluding hydrogens is 808 g/mol. The zero-order chi connectivity index (χ0) is 45.3. The van der Waals surface area contributed by atoms with Crippen molar-refractivity contribution in [1.82, 2.24) is 10.6 Å². The lowest BCUT2D eigenvalue weighted by Crippen LogP contribution is -2.29. The molecule has 18 N–H and O–H groups in total. The predicted octanol–water partition coefficient (Wildman–Crippen LogP) is 1.57. The molecule has 0 aliphatic rings. The van der Waals surface area contributed by atoms with Crippen molar-refractivity contribution < 1.29 is 106 Å². The van der Waals surface area contributed by atoms with Gasteiger partial charge in [0.1, 0.15) is 0 Å². The van der Waals surface area contributed by atoms with Crippen LogP contribution in [0.4, 0.5) is 0 Å². The summed E-state index contributed by atoms with van der Waals surface area (Å²) >= 11 is 0. The molecule has 0 aliphatic heterocycles. The molecule has 0 spiro atoms. The summed E-state index contributed by atoms with van der Waals surface area (Å²) in [5.41, 5.74) is -0.999. The Morgan fingerprint density at radius 1 is 0.317 bits per heavy atom. The molecule has 0 saturated heterocycles. The van der Waals surface area contributed by atoms with Crippen LogP contribution in [0.5, 0.6) is 86.2 Å². The van der Waals surface area contributed by atoms with E-state index in [9.17, 15) is 85.3 Å². The predicted molar refractivity (Wildman–Crippen MR) is 197 cm³/mol. The molecule has 0 aliphatic carbocycles. The summed E-state index contributed by atoms with van der Waals surface area (Å²) in [6.45, 7) is -1.05. The number of phenolic OH excluding ortho intramolecular Hbond substituents is 15. The van der Waals surface area contributed by atoms with Gasteiger partial charge in [0.05, 0.1) is 18.7 Å². The molecule has 0 saturated carbocycles. The van der Waals surface area contributed by atoms with Gasteiger partial charge in [-0.2, -0.15) is 0 Å². The molecule has 316 valence electrons. The number of phenols is 15. The van der Waals surface area contributed by atoms with Crippen molar-refractivity contribution in [3.05, 3.63) is 88.5 Å². The van der Waals surface area contributed by atoms with Gasteiger partial charge in [-0.1, -0.05) is 0 Å². The lowest BCUT2D eigenvalue weighted by molar-refractivity contribution is 0.0694. The molecular formula is C37H32N2O21. The number of benzene rings is 5. The maximum atomic E-state index is 11.9. The van der Waals surface area contributed by atoms with Gasteiger partial charge in [-0.05, 0) is 60.7 Å². The van der Waals surface area contributed by atoms with Crippen molar-refractivity contribution in [2.75, 3.05) is 13.1 Å². The fourth-order valence-corrected chi connectivity index (χ4v) is 4.46. The van der Waals surface area contributed by atoms with Crippen LogP contribution in [0.1, 0.15) is 51.8 Å².